The van der Waals surface area contributed by atoms with Crippen LogP contribution >= 0.6 is 0 Å². The van der Waals surface area contributed by atoms with E-state index in [1.807, 2.05) is 6.07 Å². The monoisotopic (exact) mass is 178 g/mol. The Morgan fingerprint density at radius 1 is 1.54 bits per heavy atom. The molecule has 0 unspecified atom stereocenters. The number of anilines is 1. The minimum Gasteiger partial charge on any atom is -0.380 e. The molecule has 1 saturated carbocycles. The molecule has 0 spiro atoms. The van der Waals surface area contributed by atoms with E-state index in [1.54, 1.807) is 23.9 Å². The highest BCUT2D eigenvalue weighted by atomic mass is 16.1. The van der Waals surface area contributed by atoms with Gasteiger partial charge in [0.15, 0.2) is 0 Å². The third kappa shape index (κ3) is 1.74. The summed E-state index contributed by atoms with van der Waals surface area (Å²) in [5.74, 6) is 0. The first-order valence-electron chi connectivity index (χ1n) is 4.54. The van der Waals surface area contributed by atoms with E-state index in [4.69, 9.17) is 0 Å². The Morgan fingerprint density at radius 3 is 2.77 bits per heavy atom. The third-order valence-electron chi connectivity index (χ3n) is 2.55. The predicted molar refractivity (Wildman–Crippen MR) is 52.9 cm³/mol. The van der Waals surface area contributed by atoms with Crippen molar-refractivity contribution in [2.45, 2.75) is 25.3 Å². The van der Waals surface area contributed by atoms with Crippen molar-refractivity contribution in [2.24, 2.45) is 7.05 Å². The molecule has 0 atom stereocenters. The van der Waals surface area contributed by atoms with E-state index in [2.05, 4.69) is 12.2 Å². The molecule has 1 N–H and O–H groups in total. The first-order chi connectivity index (χ1) is 6.09. The third-order valence-corrected chi connectivity index (χ3v) is 2.55. The summed E-state index contributed by atoms with van der Waals surface area (Å²) in [5.41, 5.74) is 1.21. The van der Waals surface area contributed by atoms with Crippen LogP contribution in [-0.4, -0.2) is 10.1 Å². The number of hydrogen-bond acceptors (Lipinski definition) is 2. The van der Waals surface area contributed by atoms with Gasteiger partial charge in [-0.1, -0.05) is 0 Å². The van der Waals surface area contributed by atoms with Crippen molar-refractivity contribution >= 4 is 5.69 Å². The van der Waals surface area contributed by atoms with Crippen molar-refractivity contribution < 1.29 is 0 Å². The van der Waals surface area contributed by atoms with Gasteiger partial charge in [0.2, 0.25) is 0 Å². The highest BCUT2D eigenvalue weighted by molar-refractivity contribution is 5.45. The van der Waals surface area contributed by atoms with Crippen molar-refractivity contribution in [2.75, 3.05) is 5.32 Å². The highest BCUT2D eigenvalue weighted by Gasteiger charge is 2.36. The molecule has 3 nitrogen and oxygen atoms in total. The van der Waals surface area contributed by atoms with E-state index >= 15 is 0 Å². The van der Waals surface area contributed by atoms with E-state index in [9.17, 15) is 4.79 Å². The summed E-state index contributed by atoms with van der Waals surface area (Å²) in [4.78, 5) is 11.3. The van der Waals surface area contributed by atoms with E-state index in [1.165, 1.54) is 12.8 Å². The van der Waals surface area contributed by atoms with Crippen LogP contribution in [0.5, 0.6) is 0 Å². The lowest BCUT2D eigenvalue weighted by molar-refractivity contribution is 0.818. The summed E-state index contributed by atoms with van der Waals surface area (Å²) in [6.07, 6.45) is 4.18. The summed E-state index contributed by atoms with van der Waals surface area (Å²) in [5, 5.41) is 3.35. The zero-order valence-corrected chi connectivity index (χ0v) is 8.00. The summed E-state index contributed by atoms with van der Waals surface area (Å²) >= 11 is 0. The van der Waals surface area contributed by atoms with Gasteiger partial charge in [0.1, 0.15) is 0 Å². The maximum atomic E-state index is 11.3. The molecular formula is C10H14N2O. The molecule has 70 valence electrons. The van der Waals surface area contributed by atoms with Crippen molar-refractivity contribution in [3.63, 3.8) is 0 Å². The Kier molecular flexibility index (Phi) is 1.68. The molecule has 1 heterocycles. The maximum absolute atomic E-state index is 11.3. The van der Waals surface area contributed by atoms with Crippen molar-refractivity contribution in [1.82, 2.24) is 4.57 Å². The van der Waals surface area contributed by atoms with Gasteiger partial charge in [-0.05, 0) is 25.8 Å². The maximum Gasteiger partial charge on any atom is 0.252 e. The van der Waals surface area contributed by atoms with Crippen molar-refractivity contribution in [1.29, 1.82) is 0 Å². The van der Waals surface area contributed by atoms with E-state index in [-0.39, 0.29) is 11.1 Å². The lowest BCUT2D eigenvalue weighted by atomic mass is 10.3. The first kappa shape index (κ1) is 8.35. The fourth-order valence-corrected chi connectivity index (χ4v) is 1.29. The van der Waals surface area contributed by atoms with Crippen LogP contribution in [0.1, 0.15) is 19.8 Å². The van der Waals surface area contributed by atoms with Crippen molar-refractivity contribution in [3.8, 4) is 0 Å². The molecule has 1 aliphatic rings. The lowest BCUT2D eigenvalue weighted by Gasteiger charge is -2.12. The summed E-state index contributed by atoms with van der Waals surface area (Å²) in [6.45, 7) is 2.17. The van der Waals surface area contributed by atoms with Crippen LogP contribution in [0.2, 0.25) is 0 Å². The van der Waals surface area contributed by atoms with Crippen LogP contribution in [0.25, 0.3) is 0 Å². The molecule has 1 aromatic heterocycles. The second kappa shape index (κ2) is 2.62. The van der Waals surface area contributed by atoms with E-state index in [0.717, 1.165) is 5.69 Å². The molecule has 0 bridgehead atoms. The molecule has 1 aromatic rings. The molecule has 0 saturated heterocycles. The molecule has 0 amide bonds. The molecule has 0 aliphatic heterocycles. The summed E-state index contributed by atoms with van der Waals surface area (Å²) in [6, 6.07) is 3.58. The number of pyridine rings is 1. The topological polar surface area (TPSA) is 34.0 Å². The van der Waals surface area contributed by atoms with Gasteiger partial charge in [-0.25, -0.2) is 0 Å². The van der Waals surface area contributed by atoms with Crippen LogP contribution in [0.15, 0.2) is 23.1 Å². The quantitative estimate of drug-likeness (QED) is 0.741. The normalized spacial score (nSPS) is 18.3. The fourth-order valence-electron chi connectivity index (χ4n) is 1.29. The Hall–Kier alpha value is -1.25. The van der Waals surface area contributed by atoms with Gasteiger partial charge in [-0.3, -0.25) is 4.79 Å². The first-order valence-corrected chi connectivity index (χ1v) is 4.54. The average Bonchev–Trinajstić information content (AvgIpc) is 2.76. The van der Waals surface area contributed by atoms with Crippen LogP contribution in [0.3, 0.4) is 0 Å². The Morgan fingerprint density at radius 2 is 2.23 bits per heavy atom. The minimum atomic E-state index is 0.0363. The van der Waals surface area contributed by atoms with Gasteiger partial charge in [0, 0.05) is 30.5 Å². The number of aromatic nitrogens is 1. The lowest BCUT2D eigenvalue weighted by Crippen LogP contribution is -2.20. The molecule has 3 heteroatoms. The van der Waals surface area contributed by atoms with Gasteiger partial charge in [0.05, 0.1) is 0 Å². The summed E-state index contributed by atoms with van der Waals surface area (Å²) < 4.78 is 1.57. The molecular weight excluding hydrogens is 164 g/mol. The number of hydrogen-bond donors (Lipinski definition) is 1. The average molecular weight is 178 g/mol. The second-order valence-electron chi connectivity index (χ2n) is 4.05. The number of rotatable bonds is 2. The molecule has 1 fully saturated rings. The fraction of sp³-hybridized carbons (Fsp3) is 0.500. The van der Waals surface area contributed by atoms with Gasteiger partial charge in [0.25, 0.3) is 5.56 Å². The molecule has 0 radical (unpaired) electrons. The molecule has 1 aliphatic carbocycles. The molecule has 13 heavy (non-hydrogen) atoms. The highest BCUT2D eigenvalue weighted by Crippen LogP contribution is 2.37. The molecule has 0 aromatic carbocycles. The number of nitrogens with one attached hydrogen (secondary N) is 1. The summed E-state index contributed by atoms with van der Waals surface area (Å²) in [7, 11) is 1.75. The zero-order chi connectivity index (χ0) is 9.47. The SMILES string of the molecule is Cn1ccc(NC2(C)CC2)cc1=O. The van der Waals surface area contributed by atoms with Crippen molar-refractivity contribution in [3.05, 3.63) is 28.7 Å². The Bertz CT molecular complexity index is 377. The van der Waals surface area contributed by atoms with E-state index < -0.39 is 0 Å². The molecule has 2 rings (SSSR count). The number of nitrogens with zero attached hydrogens (tertiary/aromatic N) is 1. The second-order valence-corrected chi connectivity index (χ2v) is 4.05. The van der Waals surface area contributed by atoms with Gasteiger partial charge in [-0.2, -0.15) is 0 Å². The predicted octanol–water partition coefficient (Wildman–Crippen LogP) is 1.35. The Labute approximate surface area is 77.4 Å². The van der Waals surface area contributed by atoms with Gasteiger partial charge in [-0.15, -0.1) is 0 Å². The zero-order valence-electron chi connectivity index (χ0n) is 8.00. The minimum absolute atomic E-state index is 0.0363. The standard InChI is InChI=1S/C10H14N2O/c1-10(4-5-10)11-8-3-6-12(2)9(13)7-8/h3,6-7,11H,4-5H2,1-2H3. The Balaban J connectivity index is 2.22. The van der Waals surface area contributed by atoms with Crippen LogP contribution in [-0.2, 0) is 7.05 Å². The van der Waals surface area contributed by atoms with E-state index in [0.29, 0.717) is 0 Å². The largest absolute Gasteiger partial charge is 0.380 e. The van der Waals surface area contributed by atoms with Crippen LogP contribution in [0, 0.1) is 0 Å². The van der Waals surface area contributed by atoms with Crippen LogP contribution < -0.4 is 10.9 Å². The smallest absolute Gasteiger partial charge is 0.252 e. The van der Waals surface area contributed by atoms with Crippen LogP contribution in [0.4, 0.5) is 5.69 Å². The number of aryl methyl sites for hydroxylation is 1. The van der Waals surface area contributed by atoms with Gasteiger partial charge >= 0.3 is 0 Å². The van der Waals surface area contributed by atoms with Gasteiger partial charge < -0.3 is 9.88 Å².